The summed E-state index contributed by atoms with van der Waals surface area (Å²) in [6.07, 6.45) is 0.650. The lowest BCUT2D eigenvalue weighted by Gasteiger charge is -2.18. The van der Waals surface area contributed by atoms with E-state index in [1.807, 2.05) is 38.1 Å². The number of carbonyl (C=O) groups excluding carboxylic acids is 1. The number of benzene rings is 1. The van der Waals surface area contributed by atoms with E-state index in [0.29, 0.717) is 37.0 Å². The summed E-state index contributed by atoms with van der Waals surface area (Å²) < 4.78 is 12.8. The van der Waals surface area contributed by atoms with Crippen LogP contribution in [0.2, 0.25) is 5.02 Å². The number of hydrogen-bond donors (Lipinski definition) is 1. The number of aryl methyl sites for hydroxylation is 2. The fourth-order valence-corrected chi connectivity index (χ4v) is 3.41. The van der Waals surface area contributed by atoms with Crippen molar-refractivity contribution in [1.29, 1.82) is 0 Å². The number of halogens is 1. The third kappa shape index (κ3) is 4.19. The Balaban J connectivity index is 1.43. The lowest BCUT2D eigenvalue weighted by molar-refractivity contribution is 0.0949. The zero-order chi connectivity index (χ0) is 20.4. The number of pyridine rings is 1. The number of ether oxygens (including phenoxy) is 2. The van der Waals surface area contributed by atoms with Crippen LogP contribution in [0.1, 0.15) is 27.4 Å². The number of fused-ring (bicyclic) bond motifs is 1. The number of carbonyl (C=O) groups is 1. The van der Waals surface area contributed by atoms with Gasteiger partial charge in [-0.15, -0.1) is 0 Å². The van der Waals surface area contributed by atoms with Crippen molar-refractivity contribution < 1.29 is 14.3 Å². The summed E-state index contributed by atoms with van der Waals surface area (Å²) in [5, 5.41) is 7.58. The first-order chi connectivity index (χ1) is 14.0. The summed E-state index contributed by atoms with van der Waals surface area (Å²) in [6, 6.07) is 11.2. The van der Waals surface area contributed by atoms with Crippen LogP contribution in [0.25, 0.3) is 5.82 Å². The molecule has 2 aromatic heterocycles. The van der Waals surface area contributed by atoms with Crippen LogP contribution in [-0.4, -0.2) is 40.4 Å². The highest BCUT2D eigenvalue weighted by molar-refractivity contribution is 6.33. The minimum absolute atomic E-state index is 0.180. The summed E-state index contributed by atoms with van der Waals surface area (Å²) >= 11 is 6.22. The van der Waals surface area contributed by atoms with Crippen molar-refractivity contribution in [1.82, 2.24) is 20.1 Å². The second-order valence-electron chi connectivity index (χ2n) is 6.82. The van der Waals surface area contributed by atoms with E-state index in [2.05, 4.69) is 15.4 Å². The molecule has 1 aliphatic rings. The van der Waals surface area contributed by atoms with Crippen LogP contribution in [0.5, 0.6) is 11.5 Å². The first-order valence-corrected chi connectivity index (χ1v) is 9.76. The molecule has 0 radical (unpaired) electrons. The molecular formula is C21H21ClN4O3. The van der Waals surface area contributed by atoms with Gasteiger partial charge in [0.05, 0.1) is 10.7 Å². The highest BCUT2D eigenvalue weighted by Crippen LogP contribution is 2.30. The molecule has 0 atom stereocenters. The van der Waals surface area contributed by atoms with Crippen LogP contribution in [0.4, 0.5) is 0 Å². The number of hydrogen-bond acceptors (Lipinski definition) is 5. The first-order valence-electron chi connectivity index (χ1n) is 9.38. The van der Waals surface area contributed by atoms with Crippen LogP contribution < -0.4 is 14.8 Å². The molecule has 7 nitrogen and oxygen atoms in total. The van der Waals surface area contributed by atoms with Crippen molar-refractivity contribution in [3.63, 3.8) is 0 Å². The zero-order valence-corrected chi connectivity index (χ0v) is 17.0. The number of nitrogens with zero attached hydrogens (tertiary/aromatic N) is 3. The Morgan fingerprint density at radius 2 is 1.93 bits per heavy atom. The van der Waals surface area contributed by atoms with Gasteiger partial charge in [0.2, 0.25) is 0 Å². The van der Waals surface area contributed by atoms with E-state index in [9.17, 15) is 4.79 Å². The fraction of sp³-hybridized carbons (Fsp3) is 0.286. The predicted molar refractivity (Wildman–Crippen MR) is 109 cm³/mol. The molecule has 8 heteroatoms. The van der Waals surface area contributed by atoms with Gasteiger partial charge in [-0.25, -0.2) is 9.67 Å². The molecule has 1 aliphatic heterocycles. The topological polar surface area (TPSA) is 78.3 Å². The van der Waals surface area contributed by atoms with Gasteiger partial charge in [0.1, 0.15) is 18.9 Å². The van der Waals surface area contributed by atoms with Gasteiger partial charge in [0.25, 0.3) is 5.91 Å². The molecule has 0 saturated carbocycles. The highest BCUT2D eigenvalue weighted by atomic mass is 35.5. The van der Waals surface area contributed by atoms with Gasteiger partial charge in [0.15, 0.2) is 17.3 Å². The lowest BCUT2D eigenvalue weighted by atomic mass is 10.1. The van der Waals surface area contributed by atoms with Crippen molar-refractivity contribution in [2.24, 2.45) is 0 Å². The standard InChI is InChI=1S/C21H21ClN4O3/c1-13-11-14(2)26(25-13)19-6-4-16(22)20(24-19)21(27)23-8-7-15-3-5-17-18(12-15)29-10-9-28-17/h3-6,11-12H,7-10H2,1-2H3,(H,23,27). The molecule has 0 unspecified atom stereocenters. The van der Waals surface area contributed by atoms with Crippen molar-refractivity contribution in [2.75, 3.05) is 19.8 Å². The molecule has 0 bridgehead atoms. The second-order valence-corrected chi connectivity index (χ2v) is 7.23. The average molecular weight is 413 g/mol. The summed E-state index contributed by atoms with van der Waals surface area (Å²) in [7, 11) is 0. The van der Waals surface area contributed by atoms with Gasteiger partial charge in [-0.1, -0.05) is 17.7 Å². The maximum absolute atomic E-state index is 12.6. The molecule has 1 amide bonds. The van der Waals surface area contributed by atoms with Crippen molar-refractivity contribution >= 4 is 17.5 Å². The van der Waals surface area contributed by atoms with Crippen LogP contribution in [0.3, 0.4) is 0 Å². The molecule has 4 rings (SSSR count). The van der Waals surface area contributed by atoms with Crippen LogP contribution in [-0.2, 0) is 6.42 Å². The van der Waals surface area contributed by atoms with Crippen LogP contribution >= 0.6 is 11.6 Å². The van der Waals surface area contributed by atoms with E-state index in [4.69, 9.17) is 21.1 Å². The Kier molecular flexibility index (Phi) is 5.40. The molecule has 1 aromatic carbocycles. The molecule has 1 N–H and O–H groups in total. The largest absolute Gasteiger partial charge is 0.486 e. The Bertz CT molecular complexity index is 1060. The summed E-state index contributed by atoms with van der Waals surface area (Å²) in [5.74, 6) is 1.72. The van der Waals surface area contributed by atoms with Crippen molar-refractivity contribution in [3.8, 4) is 17.3 Å². The van der Waals surface area contributed by atoms with Gasteiger partial charge in [-0.05, 0) is 56.2 Å². The average Bonchev–Trinajstić information content (AvgIpc) is 3.06. The lowest BCUT2D eigenvalue weighted by Crippen LogP contribution is -2.27. The molecule has 3 aromatic rings. The highest BCUT2D eigenvalue weighted by Gasteiger charge is 2.16. The number of nitrogens with one attached hydrogen (secondary N) is 1. The quantitative estimate of drug-likeness (QED) is 0.695. The van der Waals surface area contributed by atoms with Gasteiger partial charge in [-0.2, -0.15) is 5.10 Å². The molecule has 0 fully saturated rings. The normalized spacial score (nSPS) is 12.7. The van der Waals surface area contributed by atoms with Crippen molar-refractivity contribution in [3.05, 3.63) is 64.1 Å². The second kappa shape index (κ2) is 8.13. The van der Waals surface area contributed by atoms with Gasteiger partial charge >= 0.3 is 0 Å². The zero-order valence-electron chi connectivity index (χ0n) is 16.2. The maximum Gasteiger partial charge on any atom is 0.271 e. The Morgan fingerprint density at radius 3 is 2.69 bits per heavy atom. The molecule has 29 heavy (non-hydrogen) atoms. The molecular weight excluding hydrogens is 392 g/mol. The Morgan fingerprint density at radius 1 is 1.14 bits per heavy atom. The SMILES string of the molecule is Cc1cc(C)n(-c2ccc(Cl)c(C(=O)NCCc3ccc4c(c3)OCCO4)n2)n1. The number of aromatic nitrogens is 3. The number of rotatable bonds is 5. The number of amides is 1. The van der Waals surface area contributed by atoms with Gasteiger partial charge in [-0.3, -0.25) is 4.79 Å². The first kappa shape index (κ1) is 19.3. The van der Waals surface area contributed by atoms with E-state index < -0.39 is 0 Å². The summed E-state index contributed by atoms with van der Waals surface area (Å²) in [6.45, 7) is 5.39. The van der Waals surface area contributed by atoms with E-state index >= 15 is 0 Å². The van der Waals surface area contributed by atoms with E-state index in [-0.39, 0.29) is 11.6 Å². The minimum Gasteiger partial charge on any atom is -0.486 e. The molecule has 0 aliphatic carbocycles. The smallest absolute Gasteiger partial charge is 0.271 e. The van der Waals surface area contributed by atoms with E-state index in [1.165, 1.54) is 0 Å². The fourth-order valence-electron chi connectivity index (χ4n) is 3.22. The van der Waals surface area contributed by atoms with Gasteiger partial charge < -0.3 is 14.8 Å². The Hall–Kier alpha value is -3.06. The minimum atomic E-state index is -0.323. The molecule has 0 saturated heterocycles. The summed E-state index contributed by atoms with van der Waals surface area (Å²) in [5.41, 5.74) is 3.04. The van der Waals surface area contributed by atoms with Gasteiger partial charge in [0, 0.05) is 12.2 Å². The summed E-state index contributed by atoms with van der Waals surface area (Å²) in [4.78, 5) is 17.0. The molecule has 0 spiro atoms. The van der Waals surface area contributed by atoms with Crippen molar-refractivity contribution in [2.45, 2.75) is 20.3 Å². The van der Waals surface area contributed by atoms with Crippen LogP contribution in [0, 0.1) is 13.8 Å². The monoisotopic (exact) mass is 412 g/mol. The predicted octanol–water partition coefficient (Wildman–Crippen LogP) is 3.28. The van der Waals surface area contributed by atoms with Crippen LogP contribution in [0.15, 0.2) is 36.4 Å². The molecule has 3 heterocycles. The van der Waals surface area contributed by atoms with E-state index in [1.54, 1.807) is 16.8 Å². The Labute approximate surface area is 173 Å². The van der Waals surface area contributed by atoms with E-state index in [0.717, 1.165) is 28.5 Å². The third-order valence-electron chi connectivity index (χ3n) is 4.58. The maximum atomic E-state index is 12.6. The third-order valence-corrected chi connectivity index (χ3v) is 4.88. The molecule has 150 valence electrons.